The first-order valence-corrected chi connectivity index (χ1v) is 5.52. The number of nitrogens with zero attached hydrogens (tertiary/aromatic N) is 1. The van der Waals surface area contributed by atoms with Gasteiger partial charge in [0.1, 0.15) is 0 Å². The second-order valence-electron chi connectivity index (χ2n) is 4.58. The molecule has 0 aromatic heterocycles. The second-order valence-corrected chi connectivity index (χ2v) is 4.58. The lowest BCUT2D eigenvalue weighted by Gasteiger charge is -2.34. The molecule has 1 heteroatoms. The molecule has 1 saturated carbocycles. The average molecular weight is 177 g/mol. The highest BCUT2D eigenvalue weighted by Gasteiger charge is 2.29. The van der Waals surface area contributed by atoms with E-state index < -0.39 is 0 Å². The Balaban J connectivity index is 2.17. The van der Waals surface area contributed by atoms with Gasteiger partial charge < -0.3 is 0 Å². The first-order chi connectivity index (χ1) is 6.29. The summed E-state index contributed by atoms with van der Waals surface area (Å²) in [6.45, 7) is 4.60. The first kappa shape index (κ1) is 8.98. The Morgan fingerprint density at radius 1 is 1.31 bits per heavy atom. The van der Waals surface area contributed by atoms with Crippen LogP contribution in [-0.4, -0.2) is 12.3 Å². The van der Waals surface area contributed by atoms with Crippen molar-refractivity contribution in [3.63, 3.8) is 0 Å². The SMILES string of the molecule is CC(C)C1=CC=NC2CCCCC12. The van der Waals surface area contributed by atoms with E-state index in [1.165, 1.54) is 25.7 Å². The van der Waals surface area contributed by atoms with E-state index in [-0.39, 0.29) is 0 Å². The first-order valence-electron chi connectivity index (χ1n) is 5.52. The van der Waals surface area contributed by atoms with Crippen molar-refractivity contribution in [2.24, 2.45) is 16.8 Å². The molecule has 1 aliphatic heterocycles. The quantitative estimate of drug-likeness (QED) is 0.583. The number of fused-ring (bicyclic) bond motifs is 1. The van der Waals surface area contributed by atoms with Crippen LogP contribution in [0.15, 0.2) is 16.6 Å². The molecule has 0 bridgehead atoms. The van der Waals surface area contributed by atoms with Crippen LogP contribution in [0, 0.1) is 11.8 Å². The molecule has 2 unspecified atom stereocenters. The molecular formula is C12H19N. The van der Waals surface area contributed by atoms with Gasteiger partial charge >= 0.3 is 0 Å². The highest BCUT2D eigenvalue weighted by Crippen LogP contribution is 2.36. The summed E-state index contributed by atoms with van der Waals surface area (Å²) < 4.78 is 0. The van der Waals surface area contributed by atoms with E-state index >= 15 is 0 Å². The van der Waals surface area contributed by atoms with Gasteiger partial charge in [0.05, 0.1) is 6.04 Å². The lowest BCUT2D eigenvalue weighted by molar-refractivity contribution is 0.330. The molecule has 72 valence electrons. The molecule has 0 N–H and O–H groups in total. The fourth-order valence-corrected chi connectivity index (χ4v) is 2.66. The Labute approximate surface area is 80.9 Å². The third kappa shape index (κ3) is 1.70. The van der Waals surface area contributed by atoms with Crippen LogP contribution in [0.1, 0.15) is 39.5 Å². The monoisotopic (exact) mass is 177 g/mol. The highest BCUT2D eigenvalue weighted by atomic mass is 14.8. The van der Waals surface area contributed by atoms with Crippen molar-refractivity contribution >= 4 is 6.21 Å². The summed E-state index contributed by atoms with van der Waals surface area (Å²) in [4.78, 5) is 4.58. The molecule has 0 saturated heterocycles. The van der Waals surface area contributed by atoms with Crippen LogP contribution in [0.3, 0.4) is 0 Å². The molecule has 2 atom stereocenters. The average Bonchev–Trinajstić information content (AvgIpc) is 2.17. The van der Waals surface area contributed by atoms with E-state index in [2.05, 4.69) is 24.9 Å². The van der Waals surface area contributed by atoms with E-state index in [1.807, 2.05) is 6.21 Å². The minimum Gasteiger partial charge on any atom is -0.289 e. The number of dihydropyridines is 1. The molecule has 2 aliphatic rings. The molecule has 0 spiro atoms. The summed E-state index contributed by atoms with van der Waals surface area (Å²) in [5.74, 6) is 1.48. The fourth-order valence-electron chi connectivity index (χ4n) is 2.66. The predicted molar refractivity (Wildman–Crippen MR) is 57.2 cm³/mol. The van der Waals surface area contributed by atoms with Crippen molar-refractivity contribution < 1.29 is 0 Å². The van der Waals surface area contributed by atoms with Crippen molar-refractivity contribution in [3.05, 3.63) is 11.6 Å². The molecule has 0 radical (unpaired) electrons. The van der Waals surface area contributed by atoms with E-state index in [9.17, 15) is 0 Å². The summed E-state index contributed by atoms with van der Waals surface area (Å²) in [7, 11) is 0. The van der Waals surface area contributed by atoms with Crippen LogP contribution in [0.25, 0.3) is 0 Å². The fraction of sp³-hybridized carbons (Fsp3) is 0.750. The zero-order valence-electron chi connectivity index (χ0n) is 8.66. The van der Waals surface area contributed by atoms with Crippen LogP contribution in [-0.2, 0) is 0 Å². The molecule has 1 nitrogen and oxygen atoms in total. The Morgan fingerprint density at radius 2 is 2.08 bits per heavy atom. The minimum atomic E-state index is 0.621. The smallest absolute Gasteiger partial charge is 0.0565 e. The highest BCUT2D eigenvalue weighted by molar-refractivity contribution is 5.74. The van der Waals surface area contributed by atoms with Crippen molar-refractivity contribution in [3.8, 4) is 0 Å². The van der Waals surface area contributed by atoms with Gasteiger partial charge in [-0.25, -0.2) is 0 Å². The van der Waals surface area contributed by atoms with Gasteiger partial charge in [0.15, 0.2) is 0 Å². The molecule has 1 aliphatic carbocycles. The standard InChI is InChI=1S/C12H19N/c1-9(2)10-7-8-13-12-6-4-3-5-11(10)12/h7-9,11-12H,3-6H2,1-2H3. The van der Waals surface area contributed by atoms with Crippen LogP contribution >= 0.6 is 0 Å². The van der Waals surface area contributed by atoms with Crippen molar-refractivity contribution in [2.75, 3.05) is 0 Å². The van der Waals surface area contributed by atoms with Crippen LogP contribution in [0.2, 0.25) is 0 Å². The summed E-state index contributed by atoms with van der Waals surface area (Å²) in [5, 5.41) is 0. The molecule has 13 heavy (non-hydrogen) atoms. The van der Waals surface area contributed by atoms with Gasteiger partial charge in [-0.15, -0.1) is 0 Å². The number of hydrogen-bond acceptors (Lipinski definition) is 1. The lowest BCUT2D eigenvalue weighted by Crippen LogP contribution is -2.29. The third-order valence-electron chi connectivity index (χ3n) is 3.37. The largest absolute Gasteiger partial charge is 0.289 e. The Bertz CT molecular complexity index is 238. The van der Waals surface area contributed by atoms with E-state index in [0.717, 1.165) is 5.92 Å². The van der Waals surface area contributed by atoms with Crippen LogP contribution < -0.4 is 0 Å². The summed E-state index contributed by atoms with van der Waals surface area (Å²) >= 11 is 0. The molecule has 0 aromatic carbocycles. The van der Waals surface area contributed by atoms with Gasteiger partial charge in [0, 0.05) is 12.1 Å². The molecular weight excluding hydrogens is 158 g/mol. The normalized spacial score (nSPS) is 33.0. The maximum Gasteiger partial charge on any atom is 0.0565 e. The summed E-state index contributed by atoms with van der Waals surface area (Å²) in [6, 6.07) is 0.621. The van der Waals surface area contributed by atoms with Crippen LogP contribution in [0.4, 0.5) is 0 Å². The van der Waals surface area contributed by atoms with E-state index in [1.54, 1.807) is 5.57 Å². The summed E-state index contributed by atoms with van der Waals surface area (Å²) in [6.07, 6.45) is 9.74. The maximum absolute atomic E-state index is 4.58. The Kier molecular flexibility index (Phi) is 2.52. The molecule has 1 fully saturated rings. The zero-order valence-corrected chi connectivity index (χ0v) is 8.66. The van der Waals surface area contributed by atoms with Crippen molar-refractivity contribution in [1.29, 1.82) is 0 Å². The number of hydrogen-bond donors (Lipinski definition) is 0. The van der Waals surface area contributed by atoms with Crippen molar-refractivity contribution in [1.82, 2.24) is 0 Å². The number of allylic oxidation sites excluding steroid dienone is 1. The number of rotatable bonds is 1. The van der Waals surface area contributed by atoms with Gasteiger partial charge in [-0.2, -0.15) is 0 Å². The van der Waals surface area contributed by atoms with E-state index in [4.69, 9.17) is 0 Å². The van der Waals surface area contributed by atoms with Gasteiger partial charge in [-0.1, -0.05) is 32.3 Å². The molecule has 0 aromatic rings. The van der Waals surface area contributed by atoms with E-state index in [0.29, 0.717) is 12.0 Å². The van der Waals surface area contributed by atoms with Gasteiger partial charge in [0.25, 0.3) is 0 Å². The maximum atomic E-state index is 4.58. The van der Waals surface area contributed by atoms with Crippen molar-refractivity contribution in [2.45, 2.75) is 45.6 Å². The predicted octanol–water partition coefficient (Wildman–Crippen LogP) is 3.21. The zero-order chi connectivity index (χ0) is 9.26. The molecule has 2 rings (SSSR count). The molecule has 0 amide bonds. The van der Waals surface area contributed by atoms with Crippen LogP contribution in [0.5, 0.6) is 0 Å². The Hall–Kier alpha value is -0.590. The molecule has 1 heterocycles. The summed E-state index contributed by atoms with van der Waals surface area (Å²) in [5.41, 5.74) is 1.64. The third-order valence-corrected chi connectivity index (χ3v) is 3.37. The number of aliphatic imine (C=N–C) groups is 1. The lowest BCUT2D eigenvalue weighted by atomic mass is 9.75. The Morgan fingerprint density at radius 3 is 2.85 bits per heavy atom. The minimum absolute atomic E-state index is 0.621. The van der Waals surface area contributed by atoms with Gasteiger partial charge in [-0.3, -0.25) is 4.99 Å². The van der Waals surface area contributed by atoms with Gasteiger partial charge in [-0.05, 0) is 24.8 Å². The topological polar surface area (TPSA) is 12.4 Å². The van der Waals surface area contributed by atoms with Gasteiger partial charge in [0.2, 0.25) is 0 Å². The second kappa shape index (κ2) is 3.65.